The van der Waals surface area contributed by atoms with E-state index in [-0.39, 0.29) is 18.1 Å². The van der Waals surface area contributed by atoms with E-state index in [4.69, 9.17) is 5.73 Å². The average Bonchev–Trinajstić information content (AvgIpc) is 2.67. The number of nitrogens with zero attached hydrogens (tertiary/aromatic N) is 1. The van der Waals surface area contributed by atoms with Crippen LogP contribution in [-0.2, 0) is 17.5 Å². The van der Waals surface area contributed by atoms with Gasteiger partial charge in [0, 0.05) is 0 Å². The van der Waals surface area contributed by atoms with E-state index in [0.29, 0.717) is 17.8 Å². The van der Waals surface area contributed by atoms with Crippen LogP contribution in [0.2, 0.25) is 0 Å². The predicted molar refractivity (Wildman–Crippen MR) is 103 cm³/mol. The third kappa shape index (κ3) is 6.53. The molecule has 0 aliphatic heterocycles. The van der Waals surface area contributed by atoms with Crippen molar-refractivity contribution < 1.29 is 18.0 Å². The molecule has 1 aromatic carbocycles. The molecule has 4 N–H and O–H groups in total. The summed E-state index contributed by atoms with van der Waals surface area (Å²) in [5.41, 5.74) is 6.06. The molecule has 0 aliphatic rings. The Morgan fingerprint density at radius 1 is 1.18 bits per heavy atom. The van der Waals surface area contributed by atoms with Crippen LogP contribution in [0.15, 0.2) is 42.6 Å². The zero-order chi connectivity index (χ0) is 20.6. The molecule has 152 valence electrons. The molecule has 1 atom stereocenters. The molecule has 5 nitrogen and oxygen atoms in total. The summed E-state index contributed by atoms with van der Waals surface area (Å²) >= 11 is 0. The van der Waals surface area contributed by atoms with Crippen LogP contribution >= 0.6 is 0 Å². The van der Waals surface area contributed by atoms with Crippen LogP contribution in [0.3, 0.4) is 0 Å². The Morgan fingerprint density at radius 2 is 1.93 bits per heavy atom. The maximum Gasteiger partial charge on any atom is 0.418 e. The van der Waals surface area contributed by atoms with Crippen molar-refractivity contribution in [3.63, 3.8) is 0 Å². The lowest BCUT2D eigenvalue weighted by Gasteiger charge is -2.14. The Bertz CT molecular complexity index is 763. The summed E-state index contributed by atoms with van der Waals surface area (Å²) in [5.74, 6) is -0.237. The summed E-state index contributed by atoms with van der Waals surface area (Å²) in [6.07, 6.45) is 0.616. The number of para-hydroxylation sites is 1. The molecule has 1 unspecified atom stereocenters. The Hall–Kier alpha value is -2.61. The number of unbranched alkanes of at least 4 members (excludes halogenated alkanes) is 2. The lowest BCUT2D eigenvalue weighted by Crippen LogP contribution is -2.40. The molecule has 0 saturated heterocycles. The number of rotatable bonds is 9. The first-order chi connectivity index (χ1) is 13.3. The minimum Gasteiger partial charge on any atom is -0.354 e. The number of hydrogen-bond acceptors (Lipinski definition) is 4. The van der Waals surface area contributed by atoms with Crippen LogP contribution in [0, 0.1) is 0 Å². The van der Waals surface area contributed by atoms with Crippen molar-refractivity contribution in [1.82, 2.24) is 10.3 Å². The van der Waals surface area contributed by atoms with Gasteiger partial charge in [-0.15, -0.1) is 0 Å². The fraction of sp³-hybridized carbons (Fsp3) is 0.400. The van der Waals surface area contributed by atoms with Gasteiger partial charge in [-0.3, -0.25) is 9.78 Å². The summed E-state index contributed by atoms with van der Waals surface area (Å²) in [5, 5.41) is 5.46. The SMILES string of the molecule is CCCCCC(N)C(=O)NCc1ccc(Nc2ccccc2C(F)(F)F)cn1. The van der Waals surface area contributed by atoms with Gasteiger partial charge in [-0.2, -0.15) is 13.2 Å². The second-order valence-electron chi connectivity index (χ2n) is 6.53. The van der Waals surface area contributed by atoms with Gasteiger partial charge in [0.1, 0.15) is 0 Å². The highest BCUT2D eigenvalue weighted by atomic mass is 19.4. The molecule has 0 saturated carbocycles. The number of nitrogens with one attached hydrogen (secondary N) is 2. The summed E-state index contributed by atoms with van der Waals surface area (Å²) in [6, 6.07) is 7.94. The molecular formula is C20H25F3N4O. The quantitative estimate of drug-likeness (QED) is 0.552. The van der Waals surface area contributed by atoms with Crippen molar-refractivity contribution in [2.24, 2.45) is 5.73 Å². The predicted octanol–water partition coefficient (Wildman–Crippen LogP) is 4.37. The molecule has 0 bridgehead atoms. The highest BCUT2D eigenvalue weighted by Crippen LogP contribution is 2.35. The molecule has 1 amide bonds. The van der Waals surface area contributed by atoms with E-state index >= 15 is 0 Å². The fourth-order valence-electron chi connectivity index (χ4n) is 2.65. The molecule has 0 radical (unpaired) electrons. The van der Waals surface area contributed by atoms with Gasteiger partial charge in [-0.05, 0) is 30.7 Å². The van der Waals surface area contributed by atoms with Crippen LogP contribution in [0.5, 0.6) is 0 Å². The number of carbonyl (C=O) groups is 1. The number of alkyl halides is 3. The van der Waals surface area contributed by atoms with E-state index in [1.54, 1.807) is 12.1 Å². The van der Waals surface area contributed by atoms with Crippen LogP contribution < -0.4 is 16.4 Å². The van der Waals surface area contributed by atoms with Crippen LogP contribution in [-0.4, -0.2) is 16.9 Å². The monoisotopic (exact) mass is 394 g/mol. The summed E-state index contributed by atoms with van der Waals surface area (Å²) in [7, 11) is 0. The summed E-state index contributed by atoms with van der Waals surface area (Å²) in [4.78, 5) is 16.1. The second-order valence-corrected chi connectivity index (χ2v) is 6.53. The van der Waals surface area contributed by atoms with E-state index in [2.05, 4.69) is 22.5 Å². The first-order valence-electron chi connectivity index (χ1n) is 9.22. The number of hydrogen-bond donors (Lipinski definition) is 3. The number of anilines is 2. The highest BCUT2D eigenvalue weighted by molar-refractivity contribution is 5.81. The number of aromatic nitrogens is 1. The van der Waals surface area contributed by atoms with Crippen molar-refractivity contribution in [2.75, 3.05) is 5.32 Å². The zero-order valence-corrected chi connectivity index (χ0v) is 15.7. The largest absolute Gasteiger partial charge is 0.418 e. The van der Waals surface area contributed by atoms with Gasteiger partial charge in [-0.25, -0.2) is 0 Å². The molecular weight excluding hydrogens is 369 g/mol. The smallest absolute Gasteiger partial charge is 0.354 e. The number of carbonyl (C=O) groups excluding carboxylic acids is 1. The Labute approximate surface area is 162 Å². The Morgan fingerprint density at radius 3 is 2.57 bits per heavy atom. The molecule has 2 rings (SSSR count). The fourth-order valence-corrected chi connectivity index (χ4v) is 2.65. The Kier molecular flexibility index (Phi) is 7.80. The Balaban J connectivity index is 1.91. The van der Waals surface area contributed by atoms with Gasteiger partial charge in [0.25, 0.3) is 0 Å². The first-order valence-corrected chi connectivity index (χ1v) is 9.22. The second kappa shape index (κ2) is 10.1. The van der Waals surface area contributed by atoms with Gasteiger partial charge in [0.2, 0.25) is 5.91 Å². The number of benzene rings is 1. The average molecular weight is 394 g/mol. The molecule has 28 heavy (non-hydrogen) atoms. The van der Waals surface area contributed by atoms with Gasteiger partial charge in [0.05, 0.1) is 41.4 Å². The number of nitrogens with two attached hydrogens (primary N) is 1. The van der Waals surface area contributed by atoms with Gasteiger partial charge >= 0.3 is 6.18 Å². The summed E-state index contributed by atoms with van der Waals surface area (Å²) in [6.45, 7) is 2.29. The zero-order valence-electron chi connectivity index (χ0n) is 15.7. The van der Waals surface area contributed by atoms with Crippen LogP contribution in [0.1, 0.15) is 43.9 Å². The standard InChI is InChI=1S/C20H25F3N4O/c1-2-3-4-8-17(24)19(28)26-12-14-10-11-15(13-25-14)27-18-9-6-5-7-16(18)20(21,22)23/h5-7,9-11,13,17,27H,2-4,8,12,24H2,1H3,(H,26,28). The van der Waals surface area contributed by atoms with Gasteiger partial charge < -0.3 is 16.4 Å². The van der Waals surface area contributed by atoms with Gasteiger partial charge in [0.15, 0.2) is 0 Å². The maximum absolute atomic E-state index is 13.0. The van der Waals surface area contributed by atoms with E-state index in [9.17, 15) is 18.0 Å². The lowest BCUT2D eigenvalue weighted by atomic mass is 10.1. The minimum atomic E-state index is -4.45. The highest BCUT2D eigenvalue weighted by Gasteiger charge is 2.33. The van der Waals surface area contributed by atoms with E-state index in [0.717, 1.165) is 25.3 Å². The molecule has 1 aromatic heterocycles. The number of amides is 1. The van der Waals surface area contributed by atoms with Crippen molar-refractivity contribution in [3.05, 3.63) is 53.9 Å². The third-order valence-electron chi connectivity index (χ3n) is 4.24. The van der Waals surface area contributed by atoms with E-state index in [1.165, 1.54) is 24.4 Å². The van der Waals surface area contributed by atoms with Crippen molar-refractivity contribution in [3.8, 4) is 0 Å². The maximum atomic E-state index is 13.0. The number of pyridine rings is 1. The van der Waals surface area contributed by atoms with Crippen molar-refractivity contribution >= 4 is 17.3 Å². The summed E-state index contributed by atoms with van der Waals surface area (Å²) < 4.78 is 39.1. The van der Waals surface area contributed by atoms with Crippen LogP contribution in [0.25, 0.3) is 0 Å². The van der Waals surface area contributed by atoms with Crippen molar-refractivity contribution in [2.45, 2.75) is 51.4 Å². The molecule has 0 fully saturated rings. The van der Waals surface area contributed by atoms with E-state index in [1.807, 2.05) is 0 Å². The molecule has 0 spiro atoms. The molecule has 8 heteroatoms. The van der Waals surface area contributed by atoms with Crippen LogP contribution in [0.4, 0.5) is 24.5 Å². The van der Waals surface area contributed by atoms with Gasteiger partial charge in [-0.1, -0.05) is 38.3 Å². The molecule has 1 heterocycles. The topological polar surface area (TPSA) is 80.0 Å². The third-order valence-corrected chi connectivity index (χ3v) is 4.24. The minimum absolute atomic E-state index is 0.0455. The lowest BCUT2D eigenvalue weighted by molar-refractivity contribution is -0.137. The molecule has 0 aliphatic carbocycles. The van der Waals surface area contributed by atoms with Crippen molar-refractivity contribution in [1.29, 1.82) is 0 Å². The number of halogens is 3. The molecule has 2 aromatic rings. The van der Waals surface area contributed by atoms with E-state index < -0.39 is 17.8 Å². The normalized spacial score (nSPS) is 12.5. The first kappa shape index (κ1) is 21.7.